The zero-order valence-corrected chi connectivity index (χ0v) is 20.5. The van der Waals surface area contributed by atoms with E-state index in [1.165, 1.54) is 12.1 Å². The summed E-state index contributed by atoms with van der Waals surface area (Å²) < 4.78 is 9.79. The third-order valence-corrected chi connectivity index (χ3v) is 4.65. The van der Waals surface area contributed by atoms with Crippen LogP contribution in [0.1, 0.15) is 46.2 Å². The van der Waals surface area contributed by atoms with Gasteiger partial charge in [-0.2, -0.15) is 0 Å². The number of aromatic hydroxyl groups is 1. The Morgan fingerprint density at radius 3 is 2.24 bits per heavy atom. The number of esters is 1. The number of hydrogen-bond acceptors (Lipinski definition) is 8. The van der Waals surface area contributed by atoms with Crippen LogP contribution in [0.3, 0.4) is 0 Å². The number of phenols is 1. The summed E-state index contributed by atoms with van der Waals surface area (Å²) in [6, 6.07) is 3.38. The minimum absolute atomic E-state index is 0.0754. The van der Waals surface area contributed by atoms with E-state index in [1.807, 2.05) is 0 Å². The molecule has 4 N–H and O–H groups in total. The molecule has 0 heterocycles. The lowest BCUT2D eigenvalue weighted by molar-refractivity contribution is -0.145. The van der Waals surface area contributed by atoms with Crippen LogP contribution in [-0.4, -0.2) is 77.4 Å². The summed E-state index contributed by atoms with van der Waals surface area (Å²) >= 11 is 0. The molecule has 0 aliphatic rings. The van der Waals surface area contributed by atoms with Gasteiger partial charge in [-0.3, -0.25) is 14.4 Å². The van der Waals surface area contributed by atoms with E-state index < -0.39 is 60.6 Å². The van der Waals surface area contributed by atoms with Crippen molar-refractivity contribution < 1.29 is 38.9 Å². The number of benzene rings is 1. The fraction of sp³-hybridized carbons (Fsp3) is 0.565. The molecule has 0 aliphatic heterocycles. The summed E-state index contributed by atoms with van der Waals surface area (Å²) in [6.45, 7) is 7.17. The van der Waals surface area contributed by atoms with Crippen molar-refractivity contribution in [2.75, 3.05) is 26.8 Å². The normalized spacial score (nSPS) is 12.9. The molecule has 34 heavy (non-hydrogen) atoms. The van der Waals surface area contributed by atoms with E-state index in [-0.39, 0.29) is 17.9 Å². The Labute approximate surface area is 199 Å². The van der Waals surface area contributed by atoms with Crippen molar-refractivity contribution in [1.82, 2.24) is 15.5 Å². The second-order valence-corrected chi connectivity index (χ2v) is 8.88. The first kappa shape index (κ1) is 28.7. The molecular formula is C23H35N3O8. The van der Waals surface area contributed by atoms with Crippen molar-refractivity contribution in [2.45, 2.75) is 52.3 Å². The van der Waals surface area contributed by atoms with Crippen molar-refractivity contribution in [3.05, 3.63) is 29.8 Å². The molecule has 0 fully saturated rings. The zero-order valence-electron chi connectivity index (χ0n) is 20.5. The summed E-state index contributed by atoms with van der Waals surface area (Å²) in [5.74, 6) is -2.86. The first-order chi connectivity index (χ1) is 15.8. The number of para-hydroxylation sites is 1. The molecule has 3 amide bonds. The number of carbonyl (C=O) groups is 4. The molecule has 2 atom stereocenters. The number of rotatable bonds is 10. The van der Waals surface area contributed by atoms with E-state index in [0.29, 0.717) is 0 Å². The number of carbonyl (C=O) groups excluding carboxylic acids is 4. The van der Waals surface area contributed by atoms with Crippen LogP contribution in [0.4, 0.5) is 4.79 Å². The van der Waals surface area contributed by atoms with Crippen molar-refractivity contribution >= 4 is 23.9 Å². The quantitative estimate of drug-likeness (QED) is 0.362. The Morgan fingerprint density at radius 1 is 1.12 bits per heavy atom. The van der Waals surface area contributed by atoms with Gasteiger partial charge >= 0.3 is 12.1 Å². The van der Waals surface area contributed by atoms with Crippen molar-refractivity contribution in [3.63, 3.8) is 0 Å². The van der Waals surface area contributed by atoms with Crippen LogP contribution in [0.25, 0.3) is 0 Å². The molecule has 2 unspecified atom stereocenters. The van der Waals surface area contributed by atoms with Gasteiger partial charge < -0.3 is 35.2 Å². The molecule has 0 saturated heterocycles. The molecule has 0 spiro atoms. The van der Waals surface area contributed by atoms with Crippen LogP contribution < -0.4 is 10.6 Å². The second-order valence-electron chi connectivity index (χ2n) is 8.88. The number of ether oxygens (including phenoxy) is 2. The molecule has 1 aromatic rings. The number of alkyl carbamates (subject to hydrolysis) is 1. The Bertz CT molecular complexity index is 866. The fourth-order valence-corrected chi connectivity index (χ4v) is 3.10. The molecule has 1 aromatic carbocycles. The van der Waals surface area contributed by atoms with Crippen molar-refractivity contribution in [3.8, 4) is 5.75 Å². The average molecular weight is 482 g/mol. The fourth-order valence-electron chi connectivity index (χ4n) is 3.10. The maximum absolute atomic E-state index is 13.6. The van der Waals surface area contributed by atoms with Crippen LogP contribution in [-0.2, 0) is 23.9 Å². The SMILES string of the molecule is COC(=O)CNC(=O)C(c1ccccc1O)N(CCO)C(=O)C(NC(=O)OC(C)(C)C)C(C)C. The van der Waals surface area contributed by atoms with E-state index in [9.17, 15) is 29.4 Å². The lowest BCUT2D eigenvalue weighted by atomic mass is 9.98. The van der Waals surface area contributed by atoms with Crippen LogP contribution in [0.2, 0.25) is 0 Å². The predicted molar refractivity (Wildman–Crippen MR) is 123 cm³/mol. The van der Waals surface area contributed by atoms with Gasteiger partial charge in [-0.1, -0.05) is 32.0 Å². The first-order valence-corrected chi connectivity index (χ1v) is 10.9. The van der Waals surface area contributed by atoms with Crippen LogP contribution in [0.15, 0.2) is 24.3 Å². The Hall–Kier alpha value is -3.34. The molecule has 0 bridgehead atoms. The number of nitrogens with one attached hydrogen (secondary N) is 2. The molecule has 0 saturated carbocycles. The number of aliphatic hydroxyl groups is 1. The summed E-state index contributed by atoms with van der Waals surface area (Å²) in [4.78, 5) is 51.7. The van der Waals surface area contributed by atoms with Crippen molar-refractivity contribution in [2.24, 2.45) is 5.92 Å². The molecule has 0 aliphatic carbocycles. The average Bonchev–Trinajstić information content (AvgIpc) is 2.74. The zero-order chi connectivity index (χ0) is 26.1. The molecule has 190 valence electrons. The number of amides is 3. The van der Waals surface area contributed by atoms with E-state index in [4.69, 9.17) is 4.74 Å². The monoisotopic (exact) mass is 481 g/mol. The molecular weight excluding hydrogens is 446 g/mol. The smallest absolute Gasteiger partial charge is 0.408 e. The summed E-state index contributed by atoms with van der Waals surface area (Å²) in [5.41, 5.74) is -0.725. The van der Waals surface area contributed by atoms with Gasteiger partial charge in [0, 0.05) is 12.1 Å². The third kappa shape index (κ3) is 8.54. The lowest BCUT2D eigenvalue weighted by Gasteiger charge is -2.35. The highest BCUT2D eigenvalue weighted by Crippen LogP contribution is 2.30. The molecule has 0 aromatic heterocycles. The van der Waals surface area contributed by atoms with Gasteiger partial charge in [0.2, 0.25) is 11.8 Å². The highest BCUT2D eigenvalue weighted by Gasteiger charge is 2.38. The highest BCUT2D eigenvalue weighted by atomic mass is 16.6. The summed E-state index contributed by atoms with van der Waals surface area (Å²) in [5, 5.41) is 25.0. The molecule has 11 nitrogen and oxygen atoms in total. The lowest BCUT2D eigenvalue weighted by Crippen LogP contribution is -2.55. The Kier molecular flexibility index (Phi) is 10.8. The molecule has 11 heteroatoms. The number of nitrogens with zero attached hydrogens (tertiary/aromatic N) is 1. The van der Waals surface area contributed by atoms with E-state index >= 15 is 0 Å². The number of aliphatic hydroxyl groups excluding tert-OH is 1. The standard InChI is InChI=1S/C23H35N3O8/c1-14(2)18(25-22(32)34-23(3,4)5)21(31)26(11-12-27)19(15-9-7-8-10-16(15)28)20(30)24-13-17(29)33-6/h7-10,14,18-19,27-28H,11-13H2,1-6H3,(H,24,30)(H,25,32). The molecule has 0 radical (unpaired) electrons. The predicted octanol–water partition coefficient (Wildman–Crippen LogP) is 1.09. The van der Waals surface area contributed by atoms with E-state index in [2.05, 4.69) is 15.4 Å². The van der Waals surface area contributed by atoms with E-state index in [0.717, 1.165) is 12.0 Å². The maximum atomic E-state index is 13.6. The van der Waals surface area contributed by atoms with Gasteiger partial charge in [0.05, 0.1) is 13.7 Å². The summed E-state index contributed by atoms with van der Waals surface area (Å²) in [7, 11) is 1.16. The highest BCUT2D eigenvalue weighted by molar-refractivity contribution is 5.93. The van der Waals surface area contributed by atoms with Gasteiger partial charge in [-0.25, -0.2) is 4.79 Å². The second kappa shape index (κ2) is 12.8. The van der Waals surface area contributed by atoms with Gasteiger partial charge in [0.15, 0.2) is 0 Å². The van der Waals surface area contributed by atoms with Crippen LogP contribution in [0.5, 0.6) is 5.75 Å². The minimum Gasteiger partial charge on any atom is -0.508 e. The minimum atomic E-state index is -1.41. The maximum Gasteiger partial charge on any atom is 0.408 e. The number of methoxy groups -OCH3 is 1. The van der Waals surface area contributed by atoms with Gasteiger partial charge in [-0.05, 0) is 32.8 Å². The van der Waals surface area contributed by atoms with Crippen molar-refractivity contribution in [1.29, 1.82) is 0 Å². The summed E-state index contributed by atoms with van der Waals surface area (Å²) in [6.07, 6.45) is -0.822. The van der Waals surface area contributed by atoms with Gasteiger partial charge in [0.1, 0.15) is 30.0 Å². The Morgan fingerprint density at radius 2 is 1.74 bits per heavy atom. The topological polar surface area (TPSA) is 154 Å². The first-order valence-electron chi connectivity index (χ1n) is 10.9. The third-order valence-electron chi connectivity index (χ3n) is 4.65. The largest absolute Gasteiger partial charge is 0.508 e. The molecule has 1 rings (SSSR count). The van der Waals surface area contributed by atoms with Gasteiger partial charge in [-0.15, -0.1) is 0 Å². The van der Waals surface area contributed by atoms with E-state index in [1.54, 1.807) is 46.8 Å². The Balaban J connectivity index is 3.40. The number of phenolic OH excluding ortho intramolecular Hbond substituents is 1. The van der Waals surface area contributed by atoms with Crippen LogP contribution >= 0.6 is 0 Å². The van der Waals surface area contributed by atoms with Crippen LogP contribution in [0, 0.1) is 5.92 Å². The van der Waals surface area contributed by atoms with Gasteiger partial charge in [0.25, 0.3) is 0 Å². The number of hydrogen-bond donors (Lipinski definition) is 4.